The highest BCUT2D eigenvalue weighted by Gasteiger charge is 2.23. The lowest BCUT2D eigenvalue weighted by atomic mass is 9.92. The lowest BCUT2D eigenvalue weighted by Crippen LogP contribution is -2.41. The molecular weight excluding hydrogens is 265 g/mol. The molecule has 3 nitrogen and oxygen atoms in total. The van der Waals surface area contributed by atoms with Crippen LogP contribution in [0.5, 0.6) is 0 Å². The Balaban J connectivity index is 1.84. The maximum Gasteiger partial charge on any atom is 0.124 e. The van der Waals surface area contributed by atoms with Crippen LogP contribution in [-0.2, 0) is 6.54 Å². The normalized spacial score (nSPS) is 21.6. The summed E-state index contributed by atoms with van der Waals surface area (Å²) < 4.78 is 13.8. The van der Waals surface area contributed by atoms with E-state index in [9.17, 15) is 4.39 Å². The highest BCUT2D eigenvalue weighted by molar-refractivity contribution is 5.81. The number of halogens is 1. The molecule has 0 saturated carbocycles. The fourth-order valence-electron chi connectivity index (χ4n) is 3.25. The summed E-state index contributed by atoms with van der Waals surface area (Å²) >= 11 is 0. The van der Waals surface area contributed by atoms with Crippen molar-refractivity contribution in [2.75, 3.05) is 13.1 Å². The number of likely N-dealkylation sites (tertiary alicyclic amines) is 1. The maximum atomic E-state index is 13.8. The number of pyridine rings is 1. The molecule has 112 valence electrons. The van der Waals surface area contributed by atoms with Crippen LogP contribution < -0.4 is 5.73 Å². The number of hydrogen-bond acceptors (Lipinski definition) is 3. The third kappa shape index (κ3) is 3.22. The molecule has 2 heterocycles. The second-order valence-electron chi connectivity index (χ2n) is 6.14. The van der Waals surface area contributed by atoms with Crippen LogP contribution in [0.1, 0.15) is 25.3 Å². The highest BCUT2D eigenvalue weighted by atomic mass is 19.1. The van der Waals surface area contributed by atoms with Crippen molar-refractivity contribution < 1.29 is 4.39 Å². The molecule has 1 aromatic heterocycles. The van der Waals surface area contributed by atoms with Gasteiger partial charge >= 0.3 is 0 Å². The third-order valence-electron chi connectivity index (χ3n) is 4.43. The standard InChI is InChI=1S/C17H22FN3/c1-12(19)14-5-3-7-21(10-14)11-15-9-16(18)8-13-4-2-6-20-17(13)15/h2,4,6,8-9,12,14H,3,5,7,10-11,19H2,1H3. The zero-order valence-corrected chi connectivity index (χ0v) is 12.4. The van der Waals surface area contributed by atoms with Gasteiger partial charge in [-0.2, -0.15) is 0 Å². The number of piperidine rings is 1. The molecule has 3 rings (SSSR count). The number of benzene rings is 1. The van der Waals surface area contributed by atoms with Gasteiger partial charge in [0.25, 0.3) is 0 Å². The van der Waals surface area contributed by atoms with Crippen molar-refractivity contribution in [3.8, 4) is 0 Å². The summed E-state index contributed by atoms with van der Waals surface area (Å²) in [4.78, 5) is 6.80. The topological polar surface area (TPSA) is 42.1 Å². The van der Waals surface area contributed by atoms with Gasteiger partial charge in [-0.1, -0.05) is 6.07 Å². The number of nitrogens with zero attached hydrogens (tertiary/aromatic N) is 2. The predicted molar refractivity (Wildman–Crippen MR) is 83.4 cm³/mol. The lowest BCUT2D eigenvalue weighted by molar-refractivity contribution is 0.154. The van der Waals surface area contributed by atoms with E-state index < -0.39 is 0 Å². The molecule has 4 heteroatoms. The summed E-state index contributed by atoms with van der Waals surface area (Å²) in [5.41, 5.74) is 7.91. The van der Waals surface area contributed by atoms with Crippen molar-refractivity contribution in [3.05, 3.63) is 41.8 Å². The Morgan fingerprint density at radius 3 is 3.14 bits per heavy atom. The van der Waals surface area contributed by atoms with E-state index in [1.54, 1.807) is 18.3 Å². The Labute approximate surface area is 125 Å². The molecule has 21 heavy (non-hydrogen) atoms. The van der Waals surface area contributed by atoms with Crippen molar-refractivity contribution in [2.45, 2.75) is 32.4 Å². The number of nitrogens with two attached hydrogens (primary N) is 1. The van der Waals surface area contributed by atoms with E-state index in [0.717, 1.165) is 42.5 Å². The first kappa shape index (κ1) is 14.4. The fraction of sp³-hybridized carbons (Fsp3) is 0.471. The average Bonchev–Trinajstić information content (AvgIpc) is 2.47. The zero-order valence-electron chi connectivity index (χ0n) is 12.4. The van der Waals surface area contributed by atoms with Gasteiger partial charge in [0, 0.05) is 30.7 Å². The second kappa shape index (κ2) is 6.08. The minimum Gasteiger partial charge on any atom is -0.328 e. The van der Waals surface area contributed by atoms with Crippen molar-refractivity contribution in [1.82, 2.24) is 9.88 Å². The first-order valence-electron chi connectivity index (χ1n) is 7.64. The number of fused-ring (bicyclic) bond motifs is 1. The lowest BCUT2D eigenvalue weighted by Gasteiger charge is -2.34. The zero-order chi connectivity index (χ0) is 14.8. The molecule has 0 spiro atoms. The molecule has 0 amide bonds. The smallest absolute Gasteiger partial charge is 0.124 e. The van der Waals surface area contributed by atoms with Crippen LogP contribution in [0.25, 0.3) is 10.9 Å². The molecule has 1 aliphatic rings. The van der Waals surface area contributed by atoms with Crippen molar-refractivity contribution in [2.24, 2.45) is 11.7 Å². The Hall–Kier alpha value is -1.52. The van der Waals surface area contributed by atoms with Crippen LogP contribution in [0.2, 0.25) is 0 Å². The van der Waals surface area contributed by atoms with Crippen LogP contribution in [-0.4, -0.2) is 29.0 Å². The average molecular weight is 287 g/mol. The molecule has 1 aromatic carbocycles. The largest absolute Gasteiger partial charge is 0.328 e. The predicted octanol–water partition coefficient (Wildman–Crippen LogP) is 2.93. The molecule has 1 fully saturated rings. The van der Waals surface area contributed by atoms with E-state index in [0.29, 0.717) is 5.92 Å². The summed E-state index contributed by atoms with van der Waals surface area (Å²) in [6.45, 7) is 4.86. The summed E-state index contributed by atoms with van der Waals surface area (Å²) in [6, 6.07) is 7.14. The summed E-state index contributed by atoms with van der Waals surface area (Å²) in [7, 11) is 0. The van der Waals surface area contributed by atoms with Gasteiger partial charge < -0.3 is 5.73 Å². The minimum atomic E-state index is -0.189. The monoisotopic (exact) mass is 287 g/mol. The maximum absolute atomic E-state index is 13.8. The SMILES string of the molecule is CC(N)C1CCCN(Cc2cc(F)cc3cccnc23)C1. The van der Waals surface area contributed by atoms with Crippen molar-refractivity contribution >= 4 is 10.9 Å². The van der Waals surface area contributed by atoms with Gasteiger partial charge in [0.2, 0.25) is 0 Å². The third-order valence-corrected chi connectivity index (χ3v) is 4.43. The van der Waals surface area contributed by atoms with Gasteiger partial charge in [-0.15, -0.1) is 0 Å². The van der Waals surface area contributed by atoms with Crippen LogP contribution in [0.3, 0.4) is 0 Å². The number of aromatic nitrogens is 1. The summed E-state index contributed by atoms with van der Waals surface area (Å²) in [5.74, 6) is 0.345. The first-order valence-corrected chi connectivity index (χ1v) is 7.64. The Bertz CT molecular complexity index is 626. The van der Waals surface area contributed by atoms with Gasteiger partial charge in [0.15, 0.2) is 0 Å². The number of hydrogen-bond donors (Lipinski definition) is 1. The van der Waals surface area contributed by atoms with Crippen LogP contribution in [0.4, 0.5) is 4.39 Å². The molecule has 1 aliphatic heterocycles. The van der Waals surface area contributed by atoms with Crippen LogP contribution in [0, 0.1) is 11.7 Å². The van der Waals surface area contributed by atoms with E-state index in [4.69, 9.17) is 5.73 Å². The van der Waals surface area contributed by atoms with E-state index in [1.165, 1.54) is 6.42 Å². The molecule has 2 atom stereocenters. The molecule has 1 saturated heterocycles. The van der Waals surface area contributed by atoms with Crippen molar-refractivity contribution in [3.63, 3.8) is 0 Å². The Kier molecular flexibility index (Phi) is 4.17. The molecule has 2 aromatic rings. The van der Waals surface area contributed by atoms with Crippen LogP contribution >= 0.6 is 0 Å². The molecule has 2 unspecified atom stereocenters. The van der Waals surface area contributed by atoms with Gasteiger partial charge in [0.1, 0.15) is 5.82 Å². The van der Waals surface area contributed by atoms with Gasteiger partial charge in [0.05, 0.1) is 5.52 Å². The van der Waals surface area contributed by atoms with E-state index in [1.807, 2.05) is 12.1 Å². The molecular formula is C17H22FN3. The summed E-state index contributed by atoms with van der Waals surface area (Å²) in [5, 5.41) is 0.869. The Morgan fingerprint density at radius 2 is 2.33 bits per heavy atom. The molecule has 0 aliphatic carbocycles. The first-order chi connectivity index (χ1) is 10.1. The highest BCUT2D eigenvalue weighted by Crippen LogP contribution is 2.24. The summed E-state index contributed by atoms with van der Waals surface area (Å²) in [6.07, 6.45) is 4.12. The Morgan fingerprint density at radius 1 is 1.48 bits per heavy atom. The van der Waals surface area contributed by atoms with Gasteiger partial charge in [-0.3, -0.25) is 9.88 Å². The molecule has 0 bridgehead atoms. The van der Waals surface area contributed by atoms with Gasteiger partial charge in [-0.25, -0.2) is 4.39 Å². The quantitative estimate of drug-likeness (QED) is 0.943. The molecule has 0 radical (unpaired) electrons. The fourth-order valence-corrected chi connectivity index (χ4v) is 3.25. The minimum absolute atomic E-state index is 0.189. The van der Waals surface area contributed by atoms with Crippen molar-refractivity contribution in [1.29, 1.82) is 0 Å². The van der Waals surface area contributed by atoms with E-state index >= 15 is 0 Å². The molecule has 2 N–H and O–H groups in total. The second-order valence-corrected chi connectivity index (χ2v) is 6.14. The van der Waals surface area contributed by atoms with E-state index in [2.05, 4.69) is 16.8 Å². The van der Waals surface area contributed by atoms with Gasteiger partial charge in [-0.05, 0) is 56.0 Å². The number of rotatable bonds is 3. The van der Waals surface area contributed by atoms with Crippen LogP contribution in [0.15, 0.2) is 30.5 Å². The van der Waals surface area contributed by atoms with E-state index in [-0.39, 0.29) is 11.9 Å².